The van der Waals surface area contributed by atoms with Gasteiger partial charge in [0.05, 0.1) is 12.3 Å². The molecule has 2 N–H and O–H groups in total. The molecule has 1 atom stereocenters. The Balaban J connectivity index is 2.35. The number of aryl methyl sites for hydroxylation is 3. The standard InChI is InChI=1S/C12H15NOS/c1-7-4-9(3)15-12(7)11(13)10-5-8(2)14-6-10/h4-6,11H,13H2,1-3H3. The second-order valence-corrected chi connectivity index (χ2v) is 5.16. The van der Waals surface area contributed by atoms with Crippen molar-refractivity contribution in [2.45, 2.75) is 26.8 Å². The van der Waals surface area contributed by atoms with Crippen molar-refractivity contribution in [1.82, 2.24) is 0 Å². The molecule has 0 fully saturated rings. The summed E-state index contributed by atoms with van der Waals surface area (Å²) in [4.78, 5) is 2.53. The van der Waals surface area contributed by atoms with E-state index in [9.17, 15) is 0 Å². The average molecular weight is 221 g/mol. The van der Waals surface area contributed by atoms with Crippen LogP contribution in [0.1, 0.15) is 32.7 Å². The molecule has 0 bridgehead atoms. The SMILES string of the molecule is Cc1cc(C(N)c2sc(C)cc2C)co1. The quantitative estimate of drug-likeness (QED) is 0.845. The van der Waals surface area contributed by atoms with Crippen LogP contribution in [0.15, 0.2) is 22.8 Å². The first-order chi connectivity index (χ1) is 7.08. The molecule has 15 heavy (non-hydrogen) atoms. The fraction of sp³-hybridized carbons (Fsp3) is 0.333. The van der Waals surface area contributed by atoms with Crippen molar-refractivity contribution in [3.8, 4) is 0 Å². The molecule has 0 saturated carbocycles. The summed E-state index contributed by atoms with van der Waals surface area (Å²) < 4.78 is 5.28. The van der Waals surface area contributed by atoms with Crippen LogP contribution >= 0.6 is 11.3 Å². The van der Waals surface area contributed by atoms with E-state index in [4.69, 9.17) is 10.2 Å². The summed E-state index contributed by atoms with van der Waals surface area (Å²) in [6.07, 6.45) is 1.74. The van der Waals surface area contributed by atoms with Gasteiger partial charge >= 0.3 is 0 Å². The van der Waals surface area contributed by atoms with E-state index < -0.39 is 0 Å². The summed E-state index contributed by atoms with van der Waals surface area (Å²) in [6.45, 7) is 6.14. The Morgan fingerprint density at radius 2 is 2.00 bits per heavy atom. The first-order valence-corrected chi connectivity index (χ1v) is 5.77. The van der Waals surface area contributed by atoms with Crippen LogP contribution in [0, 0.1) is 20.8 Å². The first kappa shape index (κ1) is 10.5. The van der Waals surface area contributed by atoms with E-state index in [0.29, 0.717) is 0 Å². The Labute approximate surface area is 93.7 Å². The second kappa shape index (κ2) is 3.83. The van der Waals surface area contributed by atoms with Gasteiger partial charge in [-0.25, -0.2) is 0 Å². The van der Waals surface area contributed by atoms with Gasteiger partial charge in [0.2, 0.25) is 0 Å². The van der Waals surface area contributed by atoms with Crippen molar-refractivity contribution >= 4 is 11.3 Å². The van der Waals surface area contributed by atoms with E-state index in [1.54, 1.807) is 17.6 Å². The van der Waals surface area contributed by atoms with Gasteiger partial charge in [-0.1, -0.05) is 0 Å². The molecule has 0 spiro atoms. The summed E-state index contributed by atoms with van der Waals surface area (Å²) in [7, 11) is 0. The molecule has 1 unspecified atom stereocenters. The zero-order chi connectivity index (χ0) is 11.0. The Bertz CT molecular complexity index is 470. The summed E-state index contributed by atoms with van der Waals surface area (Å²) in [6, 6.07) is 4.12. The van der Waals surface area contributed by atoms with Crippen LogP contribution in [0.5, 0.6) is 0 Å². The third-order valence-electron chi connectivity index (χ3n) is 2.47. The fourth-order valence-electron chi connectivity index (χ4n) is 1.75. The predicted octanol–water partition coefficient (Wildman–Crippen LogP) is 3.31. The van der Waals surface area contributed by atoms with Crippen molar-refractivity contribution in [2.75, 3.05) is 0 Å². The zero-order valence-corrected chi connectivity index (χ0v) is 10.0. The Morgan fingerprint density at radius 3 is 2.47 bits per heavy atom. The lowest BCUT2D eigenvalue weighted by molar-refractivity contribution is 0.530. The van der Waals surface area contributed by atoms with Gasteiger partial charge in [0.15, 0.2) is 0 Å². The largest absolute Gasteiger partial charge is 0.469 e. The lowest BCUT2D eigenvalue weighted by Gasteiger charge is -2.07. The highest BCUT2D eigenvalue weighted by atomic mass is 32.1. The molecule has 0 aliphatic heterocycles. The lowest BCUT2D eigenvalue weighted by atomic mass is 10.1. The first-order valence-electron chi connectivity index (χ1n) is 4.95. The second-order valence-electron chi connectivity index (χ2n) is 3.87. The lowest BCUT2D eigenvalue weighted by Crippen LogP contribution is -2.10. The van der Waals surface area contributed by atoms with E-state index in [2.05, 4.69) is 19.9 Å². The smallest absolute Gasteiger partial charge is 0.101 e. The highest BCUT2D eigenvalue weighted by Gasteiger charge is 2.15. The normalized spacial score (nSPS) is 13.1. The molecule has 2 nitrogen and oxygen atoms in total. The summed E-state index contributed by atoms with van der Waals surface area (Å²) in [5.74, 6) is 0.909. The maximum absolute atomic E-state index is 6.19. The topological polar surface area (TPSA) is 39.2 Å². The Kier molecular flexibility index (Phi) is 2.67. The number of thiophene rings is 1. The van der Waals surface area contributed by atoms with E-state index >= 15 is 0 Å². The number of furan rings is 1. The molecule has 2 rings (SSSR count). The van der Waals surface area contributed by atoms with Gasteiger partial charge in [0.25, 0.3) is 0 Å². The minimum absolute atomic E-state index is 0.0545. The van der Waals surface area contributed by atoms with Crippen LogP contribution in [0.2, 0.25) is 0 Å². The molecule has 2 heterocycles. The van der Waals surface area contributed by atoms with E-state index in [1.807, 2.05) is 13.0 Å². The van der Waals surface area contributed by atoms with Gasteiger partial charge in [-0.05, 0) is 38.5 Å². The van der Waals surface area contributed by atoms with E-state index in [0.717, 1.165) is 11.3 Å². The minimum atomic E-state index is -0.0545. The Morgan fingerprint density at radius 1 is 1.27 bits per heavy atom. The zero-order valence-electron chi connectivity index (χ0n) is 9.20. The average Bonchev–Trinajstić information content (AvgIpc) is 2.71. The summed E-state index contributed by atoms with van der Waals surface area (Å²) in [5.41, 5.74) is 8.51. The molecule has 80 valence electrons. The monoisotopic (exact) mass is 221 g/mol. The number of hydrogen-bond donors (Lipinski definition) is 1. The van der Waals surface area contributed by atoms with Crippen LogP contribution < -0.4 is 5.73 Å². The van der Waals surface area contributed by atoms with Crippen molar-refractivity contribution in [3.05, 3.63) is 45.0 Å². The molecule has 2 aromatic rings. The minimum Gasteiger partial charge on any atom is -0.469 e. The van der Waals surface area contributed by atoms with E-state index in [-0.39, 0.29) is 6.04 Å². The molecule has 0 aliphatic carbocycles. The van der Waals surface area contributed by atoms with Crippen LogP contribution in [-0.2, 0) is 0 Å². The summed E-state index contributed by atoms with van der Waals surface area (Å²) >= 11 is 1.76. The van der Waals surface area contributed by atoms with Crippen LogP contribution in [0.25, 0.3) is 0 Å². The number of rotatable bonds is 2. The molecule has 3 heteroatoms. The number of nitrogens with two attached hydrogens (primary N) is 1. The van der Waals surface area contributed by atoms with Crippen LogP contribution in [-0.4, -0.2) is 0 Å². The molecule has 2 aromatic heterocycles. The molecular weight excluding hydrogens is 206 g/mol. The molecule has 0 saturated heterocycles. The number of hydrogen-bond acceptors (Lipinski definition) is 3. The maximum atomic E-state index is 6.19. The molecule has 0 aliphatic rings. The third kappa shape index (κ3) is 1.98. The van der Waals surface area contributed by atoms with Crippen LogP contribution in [0.4, 0.5) is 0 Å². The fourth-order valence-corrected chi connectivity index (χ4v) is 2.81. The van der Waals surface area contributed by atoms with Gasteiger partial charge in [0.1, 0.15) is 5.76 Å². The van der Waals surface area contributed by atoms with Gasteiger partial charge in [-0.2, -0.15) is 0 Å². The molecular formula is C12H15NOS. The Hall–Kier alpha value is -1.06. The van der Waals surface area contributed by atoms with E-state index in [1.165, 1.54) is 15.3 Å². The highest BCUT2D eigenvalue weighted by Crippen LogP contribution is 2.30. The summed E-state index contributed by atoms with van der Waals surface area (Å²) in [5, 5.41) is 0. The van der Waals surface area contributed by atoms with Crippen molar-refractivity contribution in [1.29, 1.82) is 0 Å². The predicted molar refractivity (Wildman–Crippen MR) is 63.3 cm³/mol. The highest BCUT2D eigenvalue weighted by molar-refractivity contribution is 7.12. The van der Waals surface area contributed by atoms with Gasteiger partial charge < -0.3 is 10.2 Å². The molecule has 0 aromatic carbocycles. The van der Waals surface area contributed by atoms with Gasteiger partial charge in [-0.3, -0.25) is 0 Å². The van der Waals surface area contributed by atoms with Crippen molar-refractivity contribution < 1.29 is 4.42 Å². The van der Waals surface area contributed by atoms with Crippen molar-refractivity contribution in [3.63, 3.8) is 0 Å². The molecule has 0 amide bonds. The van der Waals surface area contributed by atoms with Gasteiger partial charge in [0, 0.05) is 15.3 Å². The van der Waals surface area contributed by atoms with Gasteiger partial charge in [-0.15, -0.1) is 11.3 Å². The maximum Gasteiger partial charge on any atom is 0.101 e. The van der Waals surface area contributed by atoms with Crippen molar-refractivity contribution in [2.24, 2.45) is 5.73 Å². The van der Waals surface area contributed by atoms with Crippen LogP contribution in [0.3, 0.4) is 0 Å². The molecule has 0 radical (unpaired) electrons. The third-order valence-corrected chi connectivity index (χ3v) is 3.71.